The lowest BCUT2D eigenvalue weighted by Gasteiger charge is -2.40. The molecule has 1 atom stereocenters. The Labute approximate surface area is 198 Å². The van der Waals surface area contributed by atoms with E-state index in [0.29, 0.717) is 12.1 Å². The van der Waals surface area contributed by atoms with Crippen LogP contribution < -0.4 is 10.2 Å². The van der Waals surface area contributed by atoms with Gasteiger partial charge in [-0.3, -0.25) is 9.59 Å². The lowest BCUT2D eigenvalue weighted by molar-refractivity contribution is -0.121. The fraction of sp³-hybridized carbons (Fsp3) is 0.333. The number of Topliss-reactive ketones (excluding diaryl/α,β-unsaturated/α-hetero) is 1. The molecule has 1 fully saturated rings. The molecule has 1 aliphatic carbocycles. The van der Waals surface area contributed by atoms with E-state index >= 15 is 0 Å². The Morgan fingerprint density at radius 2 is 1.74 bits per heavy atom. The van der Waals surface area contributed by atoms with Crippen LogP contribution in [0, 0.1) is 0 Å². The van der Waals surface area contributed by atoms with E-state index in [2.05, 4.69) is 26.5 Å². The SMILES string of the molecule is O=C(Cc1ccc(N2CCC3(CC2)CC(=O)c2ccccc23)nn1)NCC(O)c1ccccc1. The molecule has 1 aliphatic heterocycles. The average molecular weight is 457 g/mol. The molecule has 34 heavy (non-hydrogen) atoms. The van der Waals surface area contributed by atoms with Crippen LogP contribution in [0.25, 0.3) is 0 Å². The van der Waals surface area contributed by atoms with Crippen LogP contribution in [0.1, 0.15) is 52.5 Å². The molecule has 2 aliphatic rings. The fourth-order valence-electron chi connectivity index (χ4n) is 5.14. The molecule has 1 spiro atoms. The van der Waals surface area contributed by atoms with Gasteiger partial charge in [0.2, 0.25) is 5.91 Å². The van der Waals surface area contributed by atoms with Crippen LogP contribution in [-0.4, -0.2) is 46.6 Å². The summed E-state index contributed by atoms with van der Waals surface area (Å²) in [6.45, 7) is 1.77. The number of hydrogen-bond donors (Lipinski definition) is 2. The summed E-state index contributed by atoms with van der Waals surface area (Å²) in [5.41, 5.74) is 3.37. The van der Waals surface area contributed by atoms with Gasteiger partial charge in [0, 0.05) is 37.0 Å². The predicted octanol–water partition coefficient (Wildman–Crippen LogP) is 2.99. The first-order valence-corrected chi connectivity index (χ1v) is 11.7. The van der Waals surface area contributed by atoms with Crippen LogP contribution in [0.15, 0.2) is 66.7 Å². The molecule has 7 heteroatoms. The van der Waals surface area contributed by atoms with Gasteiger partial charge in [-0.2, -0.15) is 5.10 Å². The predicted molar refractivity (Wildman–Crippen MR) is 129 cm³/mol. The van der Waals surface area contributed by atoms with Crippen LogP contribution in [0.2, 0.25) is 0 Å². The minimum atomic E-state index is -0.747. The third kappa shape index (κ3) is 4.43. The number of carbonyl (C=O) groups excluding carboxylic acids is 2. The third-order valence-electron chi connectivity index (χ3n) is 7.07. The summed E-state index contributed by atoms with van der Waals surface area (Å²) in [5, 5.41) is 21.5. The monoisotopic (exact) mass is 456 g/mol. The fourth-order valence-corrected chi connectivity index (χ4v) is 5.14. The molecule has 174 valence electrons. The first kappa shape index (κ1) is 22.2. The van der Waals surface area contributed by atoms with Gasteiger partial charge in [-0.1, -0.05) is 54.6 Å². The zero-order valence-corrected chi connectivity index (χ0v) is 19.0. The number of nitrogens with zero attached hydrogens (tertiary/aromatic N) is 3. The summed E-state index contributed by atoms with van der Waals surface area (Å²) in [4.78, 5) is 27.0. The van der Waals surface area contributed by atoms with Gasteiger partial charge in [0.05, 0.1) is 18.2 Å². The Bertz CT molecular complexity index is 1170. The van der Waals surface area contributed by atoms with Gasteiger partial charge in [-0.15, -0.1) is 5.10 Å². The van der Waals surface area contributed by atoms with Gasteiger partial charge in [-0.25, -0.2) is 0 Å². The maximum Gasteiger partial charge on any atom is 0.226 e. The highest BCUT2D eigenvalue weighted by atomic mass is 16.3. The molecule has 0 radical (unpaired) electrons. The van der Waals surface area contributed by atoms with Gasteiger partial charge in [0.15, 0.2) is 11.6 Å². The summed E-state index contributed by atoms with van der Waals surface area (Å²) in [5.74, 6) is 0.834. The normalized spacial score (nSPS) is 17.4. The second-order valence-electron chi connectivity index (χ2n) is 9.20. The van der Waals surface area contributed by atoms with Crippen LogP contribution in [-0.2, 0) is 16.6 Å². The van der Waals surface area contributed by atoms with Crippen molar-refractivity contribution in [2.75, 3.05) is 24.5 Å². The van der Waals surface area contributed by atoms with Gasteiger partial charge < -0.3 is 15.3 Å². The highest BCUT2D eigenvalue weighted by molar-refractivity contribution is 6.02. The van der Waals surface area contributed by atoms with Crippen molar-refractivity contribution >= 4 is 17.5 Å². The van der Waals surface area contributed by atoms with Crippen molar-refractivity contribution in [2.45, 2.75) is 37.2 Å². The Kier molecular flexibility index (Phi) is 6.11. The Morgan fingerprint density at radius 3 is 2.47 bits per heavy atom. The van der Waals surface area contributed by atoms with E-state index in [1.165, 1.54) is 5.56 Å². The molecular weight excluding hydrogens is 428 g/mol. The van der Waals surface area contributed by atoms with Gasteiger partial charge in [0.25, 0.3) is 0 Å². The van der Waals surface area contributed by atoms with Crippen molar-refractivity contribution in [3.8, 4) is 0 Å². The lowest BCUT2D eigenvalue weighted by Crippen LogP contribution is -2.42. The average Bonchev–Trinajstić information content (AvgIpc) is 3.15. The largest absolute Gasteiger partial charge is 0.387 e. The quantitative estimate of drug-likeness (QED) is 0.592. The van der Waals surface area contributed by atoms with Crippen molar-refractivity contribution in [3.63, 3.8) is 0 Å². The number of amides is 1. The van der Waals surface area contributed by atoms with E-state index in [0.717, 1.165) is 42.9 Å². The first-order chi connectivity index (χ1) is 16.5. The third-order valence-corrected chi connectivity index (χ3v) is 7.07. The van der Waals surface area contributed by atoms with E-state index in [9.17, 15) is 14.7 Å². The van der Waals surface area contributed by atoms with Crippen molar-refractivity contribution in [1.82, 2.24) is 15.5 Å². The summed E-state index contributed by atoms with van der Waals surface area (Å²) in [6, 6.07) is 21.0. The summed E-state index contributed by atoms with van der Waals surface area (Å²) in [7, 11) is 0. The Morgan fingerprint density at radius 1 is 1.00 bits per heavy atom. The molecule has 1 unspecified atom stereocenters. The Balaban J connectivity index is 1.14. The van der Waals surface area contributed by atoms with Gasteiger partial charge in [-0.05, 0) is 36.1 Å². The number of carbonyl (C=O) groups is 2. The molecule has 0 bridgehead atoms. The number of anilines is 1. The number of benzene rings is 2. The van der Waals surface area contributed by atoms with Crippen molar-refractivity contribution in [1.29, 1.82) is 0 Å². The topological polar surface area (TPSA) is 95.4 Å². The molecule has 2 N–H and O–H groups in total. The van der Waals surface area contributed by atoms with Crippen LogP contribution in [0.5, 0.6) is 0 Å². The van der Waals surface area contributed by atoms with E-state index < -0.39 is 6.10 Å². The van der Waals surface area contributed by atoms with E-state index in [4.69, 9.17) is 0 Å². The molecule has 2 heterocycles. The minimum absolute atomic E-state index is 0.0556. The number of aliphatic hydroxyl groups is 1. The van der Waals surface area contributed by atoms with E-state index in [-0.39, 0.29) is 30.1 Å². The maximum atomic E-state index is 12.5. The zero-order valence-electron chi connectivity index (χ0n) is 19.0. The number of aliphatic hydroxyl groups excluding tert-OH is 1. The Hall–Kier alpha value is -3.58. The molecule has 0 saturated carbocycles. The number of nitrogens with one attached hydrogen (secondary N) is 1. The molecular formula is C27H28N4O3. The summed E-state index contributed by atoms with van der Waals surface area (Å²) >= 11 is 0. The van der Waals surface area contributed by atoms with Crippen LogP contribution in [0.4, 0.5) is 5.82 Å². The number of aromatic nitrogens is 2. The van der Waals surface area contributed by atoms with E-state index in [1.807, 2.05) is 60.7 Å². The molecule has 1 amide bonds. The molecule has 2 aromatic carbocycles. The maximum absolute atomic E-state index is 12.5. The van der Waals surface area contributed by atoms with Crippen molar-refractivity contribution in [2.24, 2.45) is 0 Å². The molecule has 3 aromatic rings. The highest BCUT2D eigenvalue weighted by Gasteiger charge is 2.45. The number of piperidine rings is 1. The lowest BCUT2D eigenvalue weighted by atomic mass is 9.74. The second-order valence-corrected chi connectivity index (χ2v) is 9.20. The minimum Gasteiger partial charge on any atom is -0.387 e. The highest BCUT2D eigenvalue weighted by Crippen LogP contribution is 2.46. The molecule has 5 rings (SSSR count). The summed E-state index contributed by atoms with van der Waals surface area (Å²) in [6.07, 6.45) is 1.77. The van der Waals surface area contributed by atoms with E-state index in [1.54, 1.807) is 0 Å². The first-order valence-electron chi connectivity index (χ1n) is 11.7. The van der Waals surface area contributed by atoms with Crippen molar-refractivity contribution < 1.29 is 14.7 Å². The van der Waals surface area contributed by atoms with Crippen molar-refractivity contribution in [3.05, 3.63) is 89.1 Å². The smallest absolute Gasteiger partial charge is 0.226 e. The molecule has 7 nitrogen and oxygen atoms in total. The standard InChI is InChI=1S/C27H28N4O3/c32-23-17-27(22-9-5-4-8-21(22)23)12-14-31(15-13-27)25-11-10-20(29-30-25)16-26(34)28-18-24(33)19-6-2-1-3-7-19/h1-11,24,33H,12-18H2,(H,28,34). The van der Waals surface area contributed by atoms with Gasteiger partial charge in [0.1, 0.15) is 0 Å². The van der Waals surface area contributed by atoms with Crippen LogP contribution >= 0.6 is 0 Å². The summed E-state index contributed by atoms with van der Waals surface area (Å²) < 4.78 is 0. The zero-order chi connectivity index (χ0) is 23.5. The van der Waals surface area contributed by atoms with Gasteiger partial charge >= 0.3 is 0 Å². The second kappa shape index (κ2) is 9.35. The number of ketones is 1. The van der Waals surface area contributed by atoms with Crippen LogP contribution in [0.3, 0.4) is 0 Å². The number of rotatable bonds is 6. The molecule has 1 aromatic heterocycles. The number of fused-ring (bicyclic) bond motifs is 2. The number of hydrogen-bond acceptors (Lipinski definition) is 6. The molecule has 1 saturated heterocycles.